The molecule has 0 bridgehead atoms. The summed E-state index contributed by atoms with van der Waals surface area (Å²) in [6.07, 6.45) is 4.71. The number of hydrogen-bond donors (Lipinski definition) is 1. The number of amides is 2. The van der Waals surface area contributed by atoms with Gasteiger partial charge >= 0.3 is 0 Å². The van der Waals surface area contributed by atoms with E-state index in [4.69, 9.17) is 27.9 Å². The minimum absolute atomic E-state index is 0.122. The third-order valence-electron chi connectivity index (χ3n) is 5.60. The van der Waals surface area contributed by atoms with Gasteiger partial charge in [0.05, 0.1) is 5.02 Å². The summed E-state index contributed by atoms with van der Waals surface area (Å²) in [5.74, 6) is 0.00820. The van der Waals surface area contributed by atoms with Crippen molar-refractivity contribution in [3.63, 3.8) is 0 Å². The fourth-order valence-electron chi connectivity index (χ4n) is 3.89. The summed E-state index contributed by atoms with van der Waals surface area (Å²) >= 11 is 15.6. The lowest BCUT2D eigenvalue weighted by atomic mass is 10.1. The third-order valence-corrected chi connectivity index (χ3v) is 6.64. The molecule has 0 aromatic heterocycles. The van der Waals surface area contributed by atoms with Crippen LogP contribution in [-0.2, 0) is 16.1 Å². The van der Waals surface area contributed by atoms with Crippen LogP contribution in [0.4, 0.5) is 0 Å². The molecule has 8 heteroatoms. The van der Waals surface area contributed by atoms with Crippen LogP contribution in [0.15, 0.2) is 46.9 Å². The Bertz CT molecular complexity index is 933. The summed E-state index contributed by atoms with van der Waals surface area (Å²) in [4.78, 5) is 27.9. The molecule has 0 saturated heterocycles. The Morgan fingerprint density at radius 3 is 2.47 bits per heavy atom. The number of carbonyl (C=O) groups is 2. The number of benzene rings is 2. The van der Waals surface area contributed by atoms with Crippen molar-refractivity contribution in [1.82, 2.24) is 10.2 Å². The number of nitrogens with zero attached hydrogens (tertiary/aromatic N) is 1. The van der Waals surface area contributed by atoms with Gasteiger partial charge in [-0.2, -0.15) is 0 Å². The molecule has 1 atom stereocenters. The van der Waals surface area contributed by atoms with E-state index in [1.54, 1.807) is 35.2 Å². The van der Waals surface area contributed by atoms with E-state index < -0.39 is 6.04 Å². The minimum Gasteiger partial charge on any atom is -0.482 e. The van der Waals surface area contributed by atoms with E-state index in [-0.39, 0.29) is 31.0 Å². The third kappa shape index (κ3) is 6.87. The van der Waals surface area contributed by atoms with Crippen LogP contribution in [0.25, 0.3) is 0 Å². The molecule has 0 radical (unpaired) electrons. The highest BCUT2D eigenvalue weighted by molar-refractivity contribution is 9.10. The second kappa shape index (κ2) is 11.9. The van der Waals surface area contributed by atoms with Crippen LogP contribution in [0.3, 0.4) is 0 Å². The number of carbonyl (C=O) groups excluding carboxylic acids is 2. The summed E-state index contributed by atoms with van der Waals surface area (Å²) in [7, 11) is 0. The van der Waals surface area contributed by atoms with Gasteiger partial charge in [0.25, 0.3) is 5.91 Å². The molecule has 0 aliphatic heterocycles. The van der Waals surface area contributed by atoms with Crippen LogP contribution in [0.5, 0.6) is 5.75 Å². The number of ether oxygens (including phenoxy) is 1. The summed E-state index contributed by atoms with van der Waals surface area (Å²) in [6, 6.07) is 12.1. The van der Waals surface area contributed by atoms with Crippen molar-refractivity contribution < 1.29 is 14.3 Å². The SMILES string of the molecule is CC[C@@H](C(=O)NC1CCCC1)N(Cc1ccc(Cl)cc1)C(=O)COc1ccc(Br)cc1Cl. The normalized spacial score (nSPS) is 14.8. The van der Waals surface area contributed by atoms with Crippen LogP contribution in [0, 0.1) is 0 Å². The van der Waals surface area contributed by atoms with Crippen molar-refractivity contribution in [2.45, 2.75) is 57.7 Å². The van der Waals surface area contributed by atoms with Gasteiger partial charge in [0.15, 0.2) is 6.61 Å². The van der Waals surface area contributed by atoms with E-state index in [1.807, 2.05) is 19.1 Å². The molecule has 32 heavy (non-hydrogen) atoms. The van der Waals surface area contributed by atoms with Crippen molar-refractivity contribution in [3.05, 3.63) is 62.5 Å². The Labute approximate surface area is 207 Å². The molecule has 2 amide bonds. The maximum Gasteiger partial charge on any atom is 0.261 e. The van der Waals surface area contributed by atoms with Crippen LogP contribution in [-0.4, -0.2) is 35.4 Å². The molecule has 1 aliphatic rings. The lowest BCUT2D eigenvalue weighted by molar-refractivity contribution is -0.143. The van der Waals surface area contributed by atoms with Crippen LogP contribution in [0.2, 0.25) is 10.0 Å². The largest absolute Gasteiger partial charge is 0.482 e. The van der Waals surface area contributed by atoms with Gasteiger partial charge < -0.3 is 15.0 Å². The van der Waals surface area contributed by atoms with Gasteiger partial charge in [-0.25, -0.2) is 0 Å². The van der Waals surface area contributed by atoms with Gasteiger partial charge in [-0.1, -0.05) is 71.0 Å². The first-order valence-electron chi connectivity index (χ1n) is 10.8. The Balaban J connectivity index is 1.76. The van der Waals surface area contributed by atoms with Gasteiger partial charge in [-0.3, -0.25) is 9.59 Å². The topological polar surface area (TPSA) is 58.6 Å². The summed E-state index contributed by atoms with van der Waals surface area (Å²) in [5.41, 5.74) is 0.886. The van der Waals surface area contributed by atoms with E-state index in [0.717, 1.165) is 35.7 Å². The molecule has 1 saturated carbocycles. The maximum atomic E-state index is 13.3. The zero-order valence-corrected chi connectivity index (χ0v) is 21.0. The predicted molar refractivity (Wildman–Crippen MR) is 131 cm³/mol. The lowest BCUT2D eigenvalue weighted by Crippen LogP contribution is -2.52. The standard InChI is InChI=1S/C24H27BrCl2N2O3/c1-2-21(24(31)28-19-5-3-4-6-19)29(14-16-7-10-18(26)11-8-16)23(30)15-32-22-12-9-17(25)13-20(22)27/h7-13,19,21H,2-6,14-15H2,1H3,(H,28,31)/t21-/m0/s1. The Hall–Kier alpha value is -1.76. The molecule has 172 valence electrons. The minimum atomic E-state index is -0.595. The molecule has 1 N–H and O–H groups in total. The van der Waals surface area contributed by atoms with E-state index in [9.17, 15) is 9.59 Å². The number of hydrogen-bond acceptors (Lipinski definition) is 3. The van der Waals surface area contributed by atoms with Crippen molar-refractivity contribution in [2.24, 2.45) is 0 Å². The number of halogens is 3. The van der Waals surface area contributed by atoms with Gasteiger partial charge in [0.2, 0.25) is 5.91 Å². The molecular weight excluding hydrogens is 515 g/mol. The average Bonchev–Trinajstić information content (AvgIpc) is 3.27. The first-order valence-corrected chi connectivity index (χ1v) is 12.3. The monoisotopic (exact) mass is 540 g/mol. The van der Waals surface area contributed by atoms with E-state index in [0.29, 0.717) is 22.2 Å². The van der Waals surface area contributed by atoms with Gasteiger partial charge in [0.1, 0.15) is 11.8 Å². The predicted octanol–water partition coefficient (Wildman–Crippen LogP) is 6.00. The maximum absolute atomic E-state index is 13.3. The Kier molecular flexibility index (Phi) is 9.26. The molecule has 2 aromatic carbocycles. The van der Waals surface area contributed by atoms with Crippen molar-refractivity contribution in [2.75, 3.05) is 6.61 Å². The highest BCUT2D eigenvalue weighted by Gasteiger charge is 2.31. The molecule has 1 aliphatic carbocycles. The van der Waals surface area contributed by atoms with Gasteiger partial charge in [0, 0.05) is 22.1 Å². The Morgan fingerprint density at radius 1 is 1.16 bits per heavy atom. The van der Waals surface area contributed by atoms with Crippen molar-refractivity contribution >= 4 is 50.9 Å². The molecule has 1 fully saturated rings. The molecule has 2 aromatic rings. The zero-order valence-electron chi connectivity index (χ0n) is 18.0. The molecule has 3 rings (SSSR count). The average molecular weight is 542 g/mol. The van der Waals surface area contributed by atoms with Crippen molar-refractivity contribution in [3.8, 4) is 5.75 Å². The van der Waals surface area contributed by atoms with E-state index in [2.05, 4.69) is 21.2 Å². The summed E-state index contributed by atoms with van der Waals surface area (Å²) < 4.78 is 6.52. The summed E-state index contributed by atoms with van der Waals surface area (Å²) in [5, 5.41) is 4.15. The van der Waals surface area contributed by atoms with Crippen LogP contribution in [0.1, 0.15) is 44.6 Å². The molecule has 5 nitrogen and oxygen atoms in total. The van der Waals surface area contributed by atoms with Gasteiger partial charge in [-0.05, 0) is 55.2 Å². The van der Waals surface area contributed by atoms with Gasteiger partial charge in [-0.15, -0.1) is 0 Å². The molecule has 0 unspecified atom stereocenters. The quantitative estimate of drug-likeness (QED) is 0.423. The molecule has 0 spiro atoms. The van der Waals surface area contributed by atoms with E-state index >= 15 is 0 Å². The fourth-order valence-corrected chi connectivity index (χ4v) is 4.74. The van der Waals surface area contributed by atoms with E-state index in [1.165, 1.54) is 0 Å². The second-order valence-corrected chi connectivity index (χ2v) is 9.68. The Morgan fingerprint density at radius 2 is 1.84 bits per heavy atom. The fraction of sp³-hybridized carbons (Fsp3) is 0.417. The van der Waals surface area contributed by atoms with Crippen LogP contribution < -0.4 is 10.1 Å². The molecule has 0 heterocycles. The van der Waals surface area contributed by atoms with Crippen molar-refractivity contribution in [1.29, 1.82) is 0 Å². The first kappa shape index (κ1) is 24.9. The first-order chi connectivity index (χ1) is 15.4. The lowest BCUT2D eigenvalue weighted by Gasteiger charge is -2.31. The number of nitrogens with one attached hydrogen (secondary N) is 1. The second-order valence-electron chi connectivity index (χ2n) is 7.93. The number of rotatable bonds is 9. The summed E-state index contributed by atoms with van der Waals surface area (Å²) in [6.45, 7) is 1.97. The highest BCUT2D eigenvalue weighted by Crippen LogP contribution is 2.28. The van der Waals surface area contributed by atoms with Crippen LogP contribution >= 0.6 is 39.1 Å². The highest BCUT2D eigenvalue weighted by atomic mass is 79.9. The zero-order chi connectivity index (χ0) is 23.1. The molecular formula is C24H27BrCl2N2O3. The smallest absolute Gasteiger partial charge is 0.261 e.